The summed E-state index contributed by atoms with van der Waals surface area (Å²) in [5.74, 6) is -1.12. The second-order valence-corrected chi connectivity index (χ2v) is 5.89. The van der Waals surface area contributed by atoms with Crippen molar-refractivity contribution in [1.82, 2.24) is 15.1 Å². The number of urea groups is 1. The number of carboxylic acid groups (broad SMARTS) is 1. The number of carboxylic acids is 1. The van der Waals surface area contributed by atoms with Crippen molar-refractivity contribution in [2.24, 2.45) is 5.92 Å². The molecule has 2 N–H and O–H groups in total. The van der Waals surface area contributed by atoms with Crippen LogP contribution in [0.1, 0.15) is 40.0 Å². The summed E-state index contributed by atoms with van der Waals surface area (Å²) in [6, 6.07) is 0.550. The predicted molar refractivity (Wildman–Crippen MR) is 82.3 cm³/mol. The van der Waals surface area contributed by atoms with Crippen LogP contribution in [-0.4, -0.2) is 65.7 Å². The molecule has 2 unspecified atom stereocenters. The van der Waals surface area contributed by atoms with Crippen molar-refractivity contribution in [3.05, 3.63) is 0 Å². The fourth-order valence-corrected chi connectivity index (χ4v) is 2.46. The topological polar surface area (TPSA) is 72.9 Å². The third kappa shape index (κ3) is 5.91. The van der Waals surface area contributed by atoms with Crippen LogP contribution in [-0.2, 0) is 4.79 Å². The third-order valence-electron chi connectivity index (χ3n) is 4.33. The first-order valence-electron chi connectivity index (χ1n) is 7.95. The fourth-order valence-electron chi connectivity index (χ4n) is 2.46. The van der Waals surface area contributed by atoms with Crippen molar-refractivity contribution in [2.45, 2.75) is 46.1 Å². The Morgan fingerprint density at radius 1 is 1.19 bits per heavy atom. The Hall–Kier alpha value is -1.30. The molecule has 1 heterocycles. The summed E-state index contributed by atoms with van der Waals surface area (Å²) in [5, 5.41) is 11.7. The van der Waals surface area contributed by atoms with Crippen LogP contribution < -0.4 is 5.32 Å². The quantitative estimate of drug-likeness (QED) is 0.701. The number of rotatable bonds is 7. The van der Waals surface area contributed by atoms with Crippen LogP contribution in [0.25, 0.3) is 0 Å². The molecule has 1 rings (SSSR count). The molecule has 1 aliphatic heterocycles. The van der Waals surface area contributed by atoms with Gasteiger partial charge in [-0.2, -0.15) is 0 Å². The molecule has 2 atom stereocenters. The maximum absolute atomic E-state index is 12.0. The van der Waals surface area contributed by atoms with Gasteiger partial charge in [0.25, 0.3) is 0 Å². The Bertz CT molecular complexity index is 341. The zero-order valence-electron chi connectivity index (χ0n) is 13.5. The molecule has 0 aromatic heterocycles. The lowest BCUT2D eigenvalue weighted by molar-refractivity contribution is -0.141. The minimum Gasteiger partial charge on any atom is -0.481 e. The lowest BCUT2D eigenvalue weighted by Crippen LogP contribution is -2.53. The number of piperazine rings is 1. The lowest BCUT2D eigenvalue weighted by atomic mass is 10.1. The van der Waals surface area contributed by atoms with Gasteiger partial charge in [0, 0.05) is 38.8 Å². The third-order valence-corrected chi connectivity index (χ3v) is 4.33. The molecule has 1 saturated heterocycles. The van der Waals surface area contributed by atoms with E-state index in [-0.39, 0.29) is 11.9 Å². The molecule has 6 nitrogen and oxygen atoms in total. The second-order valence-electron chi connectivity index (χ2n) is 5.89. The van der Waals surface area contributed by atoms with E-state index in [0.717, 1.165) is 32.6 Å². The Balaban J connectivity index is 2.18. The molecule has 122 valence electrons. The molecule has 1 fully saturated rings. The maximum atomic E-state index is 12.0. The normalized spacial score (nSPS) is 19.1. The van der Waals surface area contributed by atoms with Gasteiger partial charge >= 0.3 is 12.0 Å². The molecule has 0 aliphatic carbocycles. The van der Waals surface area contributed by atoms with Gasteiger partial charge in [0.05, 0.1) is 5.92 Å². The fraction of sp³-hybridized carbons (Fsp3) is 0.867. The monoisotopic (exact) mass is 299 g/mol. The Kier molecular flexibility index (Phi) is 7.50. The minimum absolute atomic E-state index is 0.0261. The first-order chi connectivity index (χ1) is 9.95. The molecule has 0 saturated carbocycles. The first kappa shape index (κ1) is 17.8. The Morgan fingerprint density at radius 2 is 1.81 bits per heavy atom. The number of aliphatic carboxylic acids is 1. The van der Waals surface area contributed by atoms with Gasteiger partial charge in [-0.3, -0.25) is 9.69 Å². The van der Waals surface area contributed by atoms with Crippen LogP contribution in [0.3, 0.4) is 0 Å². The van der Waals surface area contributed by atoms with Crippen molar-refractivity contribution >= 4 is 12.0 Å². The average Bonchev–Trinajstić information content (AvgIpc) is 2.50. The van der Waals surface area contributed by atoms with Crippen molar-refractivity contribution in [2.75, 3.05) is 32.7 Å². The highest BCUT2D eigenvalue weighted by molar-refractivity contribution is 5.74. The minimum atomic E-state index is -0.775. The lowest BCUT2D eigenvalue weighted by Gasteiger charge is -2.37. The summed E-state index contributed by atoms with van der Waals surface area (Å²) in [7, 11) is 0. The van der Waals surface area contributed by atoms with E-state index in [0.29, 0.717) is 25.4 Å². The number of hydrogen-bond acceptors (Lipinski definition) is 3. The number of nitrogens with zero attached hydrogens (tertiary/aromatic N) is 2. The van der Waals surface area contributed by atoms with Gasteiger partial charge in [0.1, 0.15) is 0 Å². The molecular formula is C15H29N3O3. The van der Waals surface area contributed by atoms with E-state index in [1.165, 1.54) is 0 Å². The summed E-state index contributed by atoms with van der Waals surface area (Å²) < 4.78 is 0. The molecular weight excluding hydrogens is 270 g/mol. The highest BCUT2D eigenvalue weighted by Gasteiger charge is 2.23. The summed E-state index contributed by atoms with van der Waals surface area (Å²) in [4.78, 5) is 26.9. The van der Waals surface area contributed by atoms with Crippen molar-refractivity contribution in [1.29, 1.82) is 0 Å². The SMILES string of the molecule is CCC(C)N1CCN(C(=O)NCCCC(C)C(=O)O)CC1. The van der Waals surface area contributed by atoms with Gasteiger partial charge in [0.15, 0.2) is 0 Å². The van der Waals surface area contributed by atoms with E-state index in [2.05, 4.69) is 24.1 Å². The molecule has 0 aromatic rings. The van der Waals surface area contributed by atoms with Gasteiger partial charge in [0.2, 0.25) is 0 Å². The molecule has 0 aromatic carbocycles. The summed E-state index contributed by atoms with van der Waals surface area (Å²) in [5.41, 5.74) is 0. The first-order valence-corrected chi connectivity index (χ1v) is 7.95. The molecule has 2 amide bonds. The van der Waals surface area contributed by atoms with E-state index >= 15 is 0 Å². The Labute approximate surface area is 127 Å². The molecule has 6 heteroatoms. The smallest absolute Gasteiger partial charge is 0.317 e. The molecule has 1 aliphatic rings. The van der Waals surface area contributed by atoms with Gasteiger partial charge in [-0.1, -0.05) is 13.8 Å². The number of nitrogens with one attached hydrogen (secondary N) is 1. The largest absolute Gasteiger partial charge is 0.481 e. The van der Waals surface area contributed by atoms with E-state index in [1.54, 1.807) is 6.92 Å². The molecule has 0 radical (unpaired) electrons. The molecule has 0 bridgehead atoms. The van der Waals surface area contributed by atoms with Crippen molar-refractivity contribution in [3.63, 3.8) is 0 Å². The van der Waals surface area contributed by atoms with E-state index < -0.39 is 5.97 Å². The summed E-state index contributed by atoms with van der Waals surface area (Å²) >= 11 is 0. The highest BCUT2D eigenvalue weighted by atomic mass is 16.4. The van der Waals surface area contributed by atoms with E-state index in [4.69, 9.17) is 5.11 Å². The van der Waals surface area contributed by atoms with E-state index in [1.807, 2.05) is 4.90 Å². The van der Waals surface area contributed by atoms with Gasteiger partial charge in [-0.05, 0) is 26.2 Å². The number of hydrogen-bond donors (Lipinski definition) is 2. The van der Waals surface area contributed by atoms with Gasteiger partial charge in [-0.25, -0.2) is 4.79 Å². The number of carbonyl (C=O) groups is 2. The standard InChI is InChI=1S/C15H29N3O3/c1-4-13(3)17-8-10-18(11-9-17)15(21)16-7-5-6-12(2)14(19)20/h12-13H,4-11H2,1-3H3,(H,16,21)(H,19,20). The van der Waals surface area contributed by atoms with Gasteiger partial charge < -0.3 is 15.3 Å². The zero-order valence-corrected chi connectivity index (χ0v) is 13.5. The van der Waals surface area contributed by atoms with Crippen LogP contribution in [0, 0.1) is 5.92 Å². The summed E-state index contributed by atoms with van der Waals surface area (Å²) in [6.07, 6.45) is 2.43. The van der Waals surface area contributed by atoms with Crippen LogP contribution in [0.4, 0.5) is 4.79 Å². The van der Waals surface area contributed by atoms with Crippen molar-refractivity contribution in [3.8, 4) is 0 Å². The number of amides is 2. The predicted octanol–water partition coefficient (Wildman–Crippen LogP) is 1.61. The highest BCUT2D eigenvalue weighted by Crippen LogP contribution is 2.09. The maximum Gasteiger partial charge on any atom is 0.317 e. The Morgan fingerprint density at radius 3 is 2.33 bits per heavy atom. The van der Waals surface area contributed by atoms with Crippen LogP contribution in [0.2, 0.25) is 0 Å². The molecule has 21 heavy (non-hydrogen) atoms. The number of carbonyl (C=O) groups excluding carboxylic acids is 1. The average molecular weight is 299 g/mol. The van der Waals surface area contributed by atoms with Crippen molar-refractivity contribution < 1.29 is 14.7 Å². The van der Waals surface area contributed by atoms with Gasteiger partial charge in [-0.15, -0.1) is 0 Å². The van der Waals surface area contributed by atoms with Crippen LogP contribution >= 0.6 is 0 Å². The van der Waals surface area contributed by atoms with Crippen LogP contribution in [0.5, 0.6) is 0 Å². The molecule has 0 spiro atoms. The second kappa shape index (κ2) is 8.87. The summed E-state index contributed by atoms with van der Waals surface area (Å²) in [6.45, 7) is 10.0. The zero-order chi connectivity index (χ0) is 15.8. The van der Waals surface area contributed by atoms with E-state index in [9.17, 15) is 9.59 Å². The van der Waals surface area contributed by atoms with Crippen LogP contribution in [0.15, 0.2) is 0 Å².